The van der Waals surface area contributed by atoms with Gasteiger partial charge in [-0.2, -0.15) is 4.98 Å². The number of aliphatic hydroxyl groups excluding tert-OH is 1. The summed E-state index contributed by atoms with van der Waals surface area (Å²) in [6.45, 7) is 0.222. The van der Waals surface area contributed by atoms with E-state index in [0.29, 0.717) is 16.1 Å². The van der Waals surface area contributed by atoms with Crippen LogP contribution in [0.1, 0.15) is 6.42 Å². The van der Waals surface area contributed by atoms with Crippen molar-refractivity contribution in [2.45, 2.75) is 12.5 Å². The highest BCUT2D eigenvalue weighted by Crippen LogP contribution is 2.27. The third-order valence-corrected chi connectivity index (χ3v) is 2.91. The molecule has 3 rings (SSSR count). The van der Waals surface area contributed by atoms with E-state index in [1.165, 1.54) is 4.90 Å². The summed E-state index contributed by atoms with van der Waals surface area (Å²) >= 11 is 5.84. The molecule has 5 nitrogen and oxygen atoms in total. The smallest absolute Gasteiger partial charge is 0.305 e. The van der Waals surface area contributed by atoms with Crippen LogP contribution in [0.15, 0.2) is 22.6 Å². The van der Waals surface area contributed by atoms with Crippen molar-refractivity contribution in [1.82, 2.24) is 4.98 Å². The first-order valence-electron chi connectivity index (χ1n) is 5.18. The van der Waals surface area contributed by atoms with Gasteiger partial charge in [0.1, 0.15) is 5.52 Å². The number of nitrogens with zero attached hydrogens (tertiary/aromatic N) is 2. The van der Waals surface area contributed by atoms with Crippen LogP contribution < -0.4 is 4.90 Å². The Balaban J connectivity index is 2.03. The number of fused-ring (bicyclic) bond motifs is 1. The summed E-state index contributed by atoms with van der Waals surface area (Å²) in [4.78, 5) is 17.1. The van der Waals surface area contributed by atoms with Gasteiger partial charge in [0.15, 0.2) is 5.58 Å². The van der Waals surface area contributed by atoms with Gasteiger partial charge in [0, 0.05) is 5.02 Å². The molecule has 1 aliphatic rings. The summed E-state index contributed by atoms with van der Waals surface area (Å²) in [6.07, 6.45) is -0.541. The van der Waals surface area contributed by atoms with Crippen molar-refractivity contribution >= 4 is 34.6 Å². The molecule has 1 N–H and O–H groups in total. The lowest BCUT2D eigenvalue weighted by Crippen LogP contribution is -2.25. The summed E-state index contributed by atoms with van der Waals surface area (Å²) in [6, 6.07) is 5.27. The zero-order valence-electron chi connectivity index (χ0n) is 8.76. The predicted octanol–water partition coefficient (Wildman–Crippen LogP) is 1.58. The molecule has 1 aliphatic heterocycles. The van der Waals surface area contributed by atoms with Gasteiger partial charge >= 0.3 is 6.01 Å². The molecule has 0 bridgehead atoms. The molecule has 1 fully saturated rings. The van der Waals surface area contributed by atoms with E-state index in [9.17, 15) is 9.90 Å². The van der Waals surface area contributed by atoms with Gasteiger partial charge in [0.25, 0.3) is 0 Å². The van der Waals surface area contributed by atoms with Crippen LogP contribution >= 0.6 is 11.6 Å². The van der Waals surface area contributed by atoms with Crippen LogP contribution in [0.4, 0.5) is 6.01 Å². The molecular formula is C11H9ClN2O3. The van der Waals surface area contributed by atoms with Gasteiger partial charge in [0.05, 0.1) is 19.1 Å². The van der Waals surface area contributed by atoms with Crippen molar-refractivity contribution in [1.29, 1.82) is 0 Å². The molecule has 6 heteroatoms. The first-order valence-corrected chi connectivity index (χ1v) is 5.56. The zero-order chi connectivity index (χ0) is 12.0. The Morgan fingerprint density at radius 1 is 1.53 bits per heavy atom. The van der Waals surface area contributed by atoms with Crippen molar-refractivity contribution < 1.29 is 14.3 Å². The highest BCUT2D eigenvalue weighted by molar-refractivity contribution is 6.31. The van der Waals surface area contributed by atoms with Gasteiger partial charge in [-0.15, -0.1) is 0 Å². The molecule has 17 heavy (non-hydrogen) atoms. The predicted molar refractivity (Wildman–Crippen MR) is 62.0 cm³/mol. The second-order valence-electron chi connectivity index (χ2n) is 3.97. The standard InChI is InChI=1S/C11H9ClN2O3/c12-6-1-2-9-8(3-6)13-11(17-9)14-5-7(15)4-10(14)16/h1-3,7,15H,4-5H2. The van der Waals surface area contributed by atoms with E-state index < -0.39 is 6.10 Å². The first kappa shape index (κ1) is 10.6. The molecule has 2 heterocycles. The van der Waals surface area contributed by atoms with Crippen LogP contribution in [0.25, 0.3) is 11.1 Å². The molecule has 88 valence electrons. The molecule has 1 aromatic heterocycles. The minimum Gasteiger partial charge on any atom is -0.423 e. The average Bonchev–Trinajstić information content (AvgIpc) is 2.80. The topological polar surface area (TPSA) is 66.6 Å². The first-order chi connectivity index (χ1) is 8.13. The normalized spacial score (nSPS) is 20.5. The molecule has 2 aromatic rings. The Morgan fingerprint density at radius 2 is 2.35 bits per heavy atom. The Kier molecular flexibility index (Phi) is 2.31. The number of anilines is 1. The summed E-state index contributed by atoms with van der Waals surface area (Å²) in [5, 5.41) is 9.96. The maximum atomic E-state index is 11.6. The third-order valence-electron chi connectivity index (χ3n) is 2.67. The number of β-amino-alcohol motifs (C(OH)–C–C–N with tert-alkyl or cyclic N) is 1. The molecule has 1 amide bonds. The van der Waals surface area contributed by atoms with Gasteiger partial charge in [-0.3, -0.25) is 9.69 Å². The lowest BCUT2D eigenvalue weighted by molar-refractivity contribution is -0.117. The number of carbonyl (C=O) groups is 1. The van der Waals surface area contributed by atoms with E-state index in [1.54, 1.807) is 18.2 Å². The molecule has 1 aromatic carbocycles. The molecule has 0 spiro atoms. The van der Waals surface area contributed by atoms with E-state index in [0.717, 1.165) is 0 Å². The number of aromatic nitrogens is 1. The number of oxazole rings is 1. The van der Waals surface area contributed by atoms with Crippen LogP contribution in [-0.4, -0.2) is 28.6 Å². The van der Waals surface area contributed by atoms with Crippen LogP contribution in [0.5, 0.6) is 0 Å². The minimum atomic E-state index is -0.652. The molecule has 0 aliphatic carbocycles. The van der Waals surface area contributed by atoms with E-state index >= 15 is 0 Å². The third kappa shape index (κ3) is 1.77. The number of carbonyl (C=O) groups excluding carboxylic acids is 1. The number of hydrogen-bond acceptors (Lipinski definition) is 4. The summed E-state index contributed by atoms with van der Waals surface area (Å²) < 4.78 is 5.45. The van der Waals surface area contributed by atoms with Crippen molar-refractivity contribution in [3.8, 4) is 0 Å². The minimum absolute atomic E-state index is 0.111. The largest absolute Gasteiger partial charge is 0.423 e. The van der Waals surface area contributed by atoms with Crippen molar-refractivity contribution in [3.05, 3.63) is 23.2 Å². The lowest BCUT2D eigenvalue weighted by atomic mass is 10.3. The Bertz CT molecular complexity index is 595. The summed E-state index contributed by atoms with van der Waals surface area (Å²) in [5.74, 6) is -0.185. The second kappa shape index (κ2) is 3.72. The second-order valence-corrected chi connectivity index (χ2v) is 4.41. The van der Waals surface area contributed by atoms with Crippen LogP contribution in [0.3, 0.4) is 0 Å². The number of amides is 1. The van der Waals surface area contributed by atoms with E-state index in [4.69, 9.17) is 16.0 Å². The maximum Gasteiger partial charge on any atom is 0.305 e. The molecule has 1 saturated heterocycles. The molecular weight excluding hydrogens is 244 g/mol. The maximum absolute atomic E-state index is 11.6. The highest BCUT2D eigenvalue weighted by Gasteiger charge is 2.32. The zero-order valence-corrected chi connectivity index (χ0v) is 9.52. The number of halogens is 1. The fourth-order valence-corrected chi connectivity index (χ4v) is 2.04. The lowest BCUT2D eigenvalue weighted by Gasteiger charge is -2.08. The SMILES string of the molecule is O=C1CC(O)CN1c1nc2cc(Cl)ccc2o1. The number of aliphatic hydroxyl groups is 1. The van der Waals surface area contributed by atoms with Gasteiger partial charge < -0.3 is 9.52 Å². The average molecular weight is 253 g/mol. The van der Waals surface area contributed by atoms with E-state index in [1.807, 2.05) is 0 Å². The number of hydrogen-bond donors (Lipinski definition) is 1. The van der Waals surface area contributed by atoms with Gasteiger partial charge in [-0.25, -0.2) is 0 Å². The van der Waals surface area contributed by atoms with Gasteiger partial charge in [-0.05, 0) is 18.2 Å². The Labute approximate surface area is 102 Å². The van der Waals surface area contributed by atoms with Crippen LogP contribution in [0.2, 0.25) is 5.02 Å². The van der Waals surface area contributed by atoms with E-state index in [2.05, 4.69) is 4.98 Å². The fourth-order valence-electron chi connectivity index (χ4n) is 1.88. The van der Waals surface area contributed by atoms with Crippen LogP contribution in [0, 0.1) is 0 Å². The number of benzene rings is 1. The van der Waals surface area contributed by atoms with Crippen molar-refractivity contribution in [2.75, 3.05) is 11.4 Å². The quantitative estimate of drug-likeness (QED) is 0.837. The Hall–Kier alpha value is -1.59. The van der Waals surface area contributed by atoms with Crippen molar-refractivity contribution in [2.24, 2.45) is 0 Å². The van der Waals surface area contributed by atoms with Crippen LogP contribution in [-0.2, 0) is 4.79 Å². The molecule has 1 unspecified atom stereocenters. The van der Waals surface area contributed by atoms with Gasteiger partial charge in [0.2, 0.25) is 5.91 Å². The van der Waals surface area contributed by atoms with E-state index in [-0.39, 0.29) is 24.9 Å². The fraction of sp³-hybridized carbons (Fsp3) is 0.273. The number of rotatable bonds is 1. The van der Waals surface area contributed by atoms with Gasteiger partial charge in [-0.1, -0.05) is 11.6 Å². The van der Waals surface area contributed by atoms with Crippen molar-refractivity contribution in [3.63, 3.8) is 0 Å². The summed E-state index contributed by atoms with van der Waals surface area (Å²) in [5.41, 5.74) is 1.17. The molecule has 1 atom stereocenters. The monoisotopic (exact) mass is 252 g/mol. The summed E-state index contributed by atoms with van der Waals surface area (Å²) in [7, 11) is 0. The Morgan fingerprint density at radius 3 is 3.06 bits per heavy atom. The molecule has 0 radical (unpaired) electrons. The molecule has 0 saturated carbocycles. The highest BCUT2D eigenvalue weighted by atomic mass is 35.5.